The summed E-state index contributed by atoms with van der Waals surface area (Å²) in [4.78, 5) is 4.68. The molecule has 1 fully saturated rings. The first-order valence-electron chi connectivity index (χ1n) is 8.34. The number of rotatable bonds is 2. The highest BCUT2D eigenvalue weighted by molar-refractivity contribution is 6.35. The van der Waals surface area contributed by atoms with Crippen molar-refractivity contribution in [2.24, 2.45) is 0 Å². The second-order valence-electron chi connectivity index (χ2n) is 6.72. The Labute approximate surface area is 153 Å². The molecule has 1 atom stereocenters. The molecule has 2 aliphatic rings. The van der Waals surface area contributed by atoms with E-state index in [4.69, 9.17) is 23.2 Å². The number of anilines is 1. The molecule has 0 saturated carbocycles. The van der Waals surface area contributed by atoms with Crippen molar-refractivity contribution >= 4 is 28.9 Å². The van der Waals surface area contributed by atoms with Crippen molar-refractivity contribution in [3.05, 3.63) is 63.1 Å². The summed E-state index contributed by atoms with van der Waals surface area (Å²) in [6.45, 7) is 4.91. The van der Waals surface area contributed by atoms with Gasteiger partial charge >= 0.3 is 0 Å². The first-order chi connectivity index (χ1) is 11.6. The van der Waals surface area contributed by atoms with Crippen LogP contribution in [0.1, 0.15) is 22.6 Å². The van der Waals surface area contributed by atoms with Crippen LogP contribution in [0.4, 0.5) is 5.69 Å². The van der Waals surface area contributed by atoms with Gasteiger partial charge in [-0.05, 0) is 48.0 Å². The first-order valence-corrected chi connectivity index (χ1v) is 9.09. The lowest BCUT2D eigenvalue weighted by Gasteiger charge is -2.33. The molecule has 4 rings (SSSR count). The molecule has 0 spiro atoms. The van der Waals surface area contributed by atoms with Crippen LogP contribution in [-0.4, -0.2) is 38.3 Å². The molecule has 2 heterocycles. The Balaban J connectivity index is 1.69. The Morgan fingerprint density at radius 2 is 1.92 bits per heavy atom. The van der Waals surface area contributed by atoms with Crippen molar-refractivity contribution in [1.29, 1.82) is 0 Å². The van der Waals surface area contributed by atoms with Gasteiger partial charge in [-0.2, -0.15) is 0 Å². The van der Waals surface area contributed by atoms with E-state index in [0.717, 1.165) is 37.9 Å². The molecule has 1 N–H and O–H groups in total. The van der Waals surface area contributed by atoms with E-state index in [1.807, 2.05) is 6.07 Å². The number of benzene rings is 2. The van der Waals surface area contributed by atoms with Gasteiger partial charge in [-0.15, -0.1) is 0 Å². The fourth-order valence-electron chi connectivity index (χ4n) is 3.78. The molecule has 0 radical (unpaired) electrons. The SMILES string of the molecule is CN1Cc2c(Cl)cc(Cl)cc2[C@H](c2ccc(N3CCNC3)cc2)C1. The fraction of sp³-hybridized carbons (Fsp3) is 0.368. The van der Waals surface area contributed by atoms with Crippen LogP contribution >= 0.6 is 23.2 Å². The summed E-state index contributed by atoms with van der Waals surface area (Å²) in [5, 5.41) is 4.86. The number of likely N-dealkylation sites (N-methyl/N-ethyl adjacent to an activating group) is 1. The normalized spacial score (nSPS) is 21.1. The van der Waals surface area contributed by atoms with Crippen LogP contribution in [-0.2, 0) is 6.54 Å². The number of hydrogen-bond donors (Lipinski definition) is 1. The van der Waals surface area contributed by atoms with Crippen LogP contribution < -0.4 is 10.2 Å². The molecule has 1 saturated heterocycles. The lowest BCUT2D eigenvalue weighted by Crippen LogP contribution is -2.31. The van der Waals surface area contributed by atoms with Crippen molar-refractivity contribution in [2.75, 3.05) is 38.3 Å². The highest BCUT2D eigenvalue weighted by Gasteiger charge is 2.27. The molecule has 3 nitrogen and oxygen atoms in total. The van der Waals surface area contributed by atoms with Gasteiger partial charge in [0.25, 0.3) is 0 Å². The Hall–Kier alpha value is -1.26. The zero-order valence-electron chi connectivity index (χ0n) is 13.7. The average molecular weight is 362 g/mol. The Morgan fingerprint density at radius 1 is 1.12 bits per heavy atom. The largest absolute Gasteiger partial charge is 0.357 e. The van der Waals surface area contributed by atoms with Crippen molar-refractivity contribution in [1.82, 2.24) is 10.2 Å². The Kier molecular flexibility index (Phi) is 4.44. The fourth-order valence-corrected chi connectivity index (χ4v) is 4.34. The molecule has 2 aliphatic heterocycles. The van der Waals surface area contributed by atoms with Gasteiger partial charge in [0.2, 0.25) is 0 Å². The maximum absolute atomic E-state index is 6.45. The van der Waals surface area contributed by atoms with E-state index in [-0.39, 0.29) is 0 Å². The number of halogens is 2. The summed E-state index contributed by atoms with van der Waals surface area (Å²) >= 11 is 12.7. The number of fused-ring (bicyclic) bond motifs is 1. The van der Waals surface area contributed by atoms with Gasteiger partial charge in [-0.1, -0.05) is 35.3 Å². The van der Waals surface area contributed by atoms with Gasteiger partial charge in [0.1, 0.15) is 0 Å². The minimum atomic E-state index is 0.306. The van der Waals surface area contributed by atoms with Crippen molar-refractivity contribution in [2.45, 2.75) is 12.5 Å². The van der Waals surface area contributed by atoms with Gasteiger partial charge in [0.05, 0.1) is 6.67 Å². The quantitative estimate of drug-likeness (QED) is 0.873. The summed E-state index contributed by atoms with van der Waals surface area (Å²) < 4.78 is 0. The lowest BCUT2D eigenvalue weighted by molar-refractivity contribution is 0.295. The first kappa shape index (κ1) is 16.2. The van der Waals surface area contributed by atoms with Crippen LogP contribution in [0.2, 0.25) is 10.0 Å². The molecule has 0 bridgehead atoms. The molecule has 126 valence electrons. The summed E-state index contributed by atoms with van der Waals surface area (Å²) in [6.07, 6.45) is 0. The molecule has 5 heteroatoms. The predicted octanol–water partition coefficient (Wildman–Crippen LogP) is 3.94. The standard InChI is InChI=1S/C19H21Cl2N3/c1-23-10-17(16-8-14(20)9-19(21)18(16)11-23)13-2-4-15(5-3-13)24-7-6-22-12-24/h2-5,8-9,17,22H,6-7,10-12H2,1H3/t17-/m0/s1. The van der Waals surface area contributed by atoms with E-state index in [0.29, 0.717) is 10.9 Å². The summed E-state index contributed by atoms with van der Waals surface area (Å²) in [7, 11) is 2.14. The number of nitrogens with one attached hydrogen (secondary N) is 1. The van der Waals surface area contributed by atoms with Gasteiger partial charge in [0.15, 0.2) is 0 Å². The summed E-state index contributed by atoms with van der Waals surface area (Å²) in [6, 6.07) is 12.9. The smallest absolute Gasteiger partial charge is 0.0683 e. The molecular formula is C19H21Cl2N3. The van der Waals surface area contributed by atoms with Crippen molar-refractivity contribution in [3.63, 3.8) is 0 Å². The van der Waals surface area contributed by atoms with Crippen LogP contribution in [0.25, 0.3) is 0 Å². The topological polar surface area (TPSA) is 18.5 Å². The minimum Gasteiger partial charge on any atom is -0.357 e. The monoisotopic (exact) mass is 361 g/mol. The molecule has 0 aliphatic carbocycles. The minimum absolute atomic E-state index is 0.306. The maximum atomic E-state index is 6.45. The molecular weight excluding hydrogens is 341 g/mol. The van der Waals surface area contributed by atoms with Crippen LogP contribution in [0, 0.1) is 0 Å². The van der Waals surface area contributed by atoms with E-state index in [2.05, 4.69) is 52.5 Å². The third-order valence-corrected chi connectivity index (χ3v) is 5.57. The average Bonchev–Trinajstić information content (AvgIpc) is 3.10. The van der Waals surface area contributed by atoms with E-state index >= 15 is 0 Å². The highest BCUT2D eigenvalue weighted by Crippen LogP contribution is 2.38. The van der Waals surface area contributed by atoms with Gasteiger partial charge in [-0.3, -0.25) is 5.32 Å². The predicted molar refractivity (Wildman–Crippen MR) is 101 cm³/mol. The van der Waals surface area contributed by atoms with Gasteiger partial charge < -0.3 is 9.80 Å². The Morgan fingerprint density at radius 3 is 2.62 bits per heavy atom. The number of nitrogens with zero attached hydrogens (tertiary/aromatic N) is 2. The van der Waals surface area contributed by atoms with Gasteiger partial charge in [-0.25, -0.2) is 0 Å². The number of hydrogen-bond acceptors (Lipinski definition) is 3. The third kappa shape index (κ3) is 3.02. The van der Waals surface area contributed by atoms with E-state index in [1.165, 1.54) is 22.4 Å². The highest BCUT2D eigenvalue weighted by atomic mass is 35.5. The van der Waals surface area contributed by atoms with E-state index < -0.39 is 0 Å². The third-order valence-electron chi connectivity index (χ3n) is 5.01. The summed E-state index contributed by atoms with van der Waals surface area (Å²) in [5.74, 6) is 0.306. The van der Waals surface area contributed by atoms with Crippen LogP contribution in [0.5, 0.6) is 0 Å². The van der Waals surface area contributed by atoms with Gasteiger partial charge in [0, 0.05) is 47.8 Å². The second-order valence-corrected chi connectivity index (χ2v) is 7.56. The zero-order chi connectivity index (χ0) is 16.7. The van der Waals surface area contributed by atoms with Crippen molar-refractivity contribution in [3.8, 4) is 0 Å². The van der Waals surface area contributed by atoms with E-state index in [9.17, 15) is 0 Å². The summed E-state index contributed by atoms with van der Waals surface area (Å²) in [5.41, 5.74) is 5.06. The maximum Gasteiger partial charge on any atom is 0.0683 e. The molecule has 0 aromatic heterocycles. The van der Waals surface area contributed by atoms with E-state index in [1.54, 1.807) is 0 Å². The molecule has 0 unspecified atom stereocenters. The Bertz CT molecular complexity index is 739. The molecule has 2 aromatic rings. The van der Waals surface area contributed by atoms with Crippen LogP contribution in [0.3, 0.4) is 0 Å². The second kappa shape index (κ2) is 6.57. The lowest BCUT2D eigenvalue weighted by atomic mass is 9.84. The zero-order valence-corrected chi connectivity index (χ0v) is 15.2. The van der Waals surface area contributed by atoms with Crippen molar-refractivity contribution < 1.29 is 0 Å². The van der Waals surface area contributed by atoms with Crippen LogP contribution in [0.15, 0.2) is 36.4 Å². The molecule has 0 amide bonds. The molecule has 2 aromatic carbocycles. The molecule has 24 heavy (non-hydrogen) atoms.